The third kappa shape index (κ3) is 3.94. The number of carboxylic acid groups (broad SMARTS) is 1. The van der Waals surface area contributed by atoms with E-state index in [1.54, 1.807) is 14.2 Å². The lowest BCUT2D eigenvalue weighted by atomic mass is 9.96. The average Bonchev–Trinajstić information content (AvgIpc) is 2.43. The SMILES string of the molecule is CCc1ccc(OC)c(C(CC(N)C(=O)O)NC)c1. The Hall–Kier alpha value is -1.59. The second-order valence-electron chi connectivity index (χ2n) is 4.45. The second-order valence-corrected chi connectivity index (χ2v) is 4.45. The number of nitrogens with two attached hydrogens (primary N) is 1. The predicted octanol–water partition coefficient (Wildman–Crippen LogP) is 1.32. The van der Waals surface area contributed by atoms with Gasteiger partial charge >= 0.3 is 5.97 Å². The molecule has 1 rings (SSSR count). The van der Waals surface area contributed by atoms with E-state index in [1.165, 1.54) is 5.56 Å². The van der Waals surface area contributed by atoms with Gasteiger partial charge in [-0.1, -0.05) is 19.1 Å². The first kappa shape index (κ1) is 15.5. The van der Waals surface area contributed by atoms with Crippen molar-refractivity contribution in [2.45, 2.75) is 31.8 Å². The number of carboxylic acids is 1. The molecule has 5 nitrogen and oxygen atoms in total. The molecule has 1 aromatic rings. The number of benzene rings is 1. The van der Waals surface area contributed by atoms with E-state index in [0.717, 1.165) is 17.7 Å². The minimum atomic E-state index is -0.995. The molecule has 4 N–H and O–H groups in total. The number of nitrogens with one attached hydrogen (secondary N) is 1. The van der Waals surface area contributed by atoms with Crippen LogP contribution >= 0.6 is 0 Å². The summed E-state index contributed by atoms with van der Waals surface area (Å²) in [6.45, 7) is 2.07. The van der Waals surface area contributed by atoms with E-state index in [9.17, 15) is 4.79 Å². The van der Waals surface area contributed by atoms with Crippen LogP contribution in [0.2, 0.25) is 0 Å². The largest absolute Gasteiger partial charge is 0.496 e. The summed E-state index contributed by atoms with van der Waals surface area (Å²) in [4.78, 5) is 10.9. The van der Waals surface area contributed by atoms with Gasteiger partial charge in [0, 0.05) is 11.6 Å². The third-order valence-corrected chi connectivity index (χ3v) is 3.23. The third-order valence-electron chi connectivity index (χ3n) is 3.23. The van der Waals surface area contributed by atoms with Crippen LogP contribution in [0.5, 0.6) is 5.75 Å². The molecular weight excluding hydrogens is 244 g/mol. The molecule has 0 fully saturated rings. The van der Waals surface area contributed by atoms with Gasteiger partial charge in [0.2, 0.25) is 0 Å². The summed E-state index contributed by atoms with van der Waals surface area (Å²) in [6.07, 6.45) is 1.23. The molecule has 1 aromatic carbocycles. The highest BCUT2D eigenvalue weighted by atomic mass is 16.5. The molecule has 0 heterocycles. The lowest BCUT2D eigenvalue weighted by Gasteiger charge is -2.21. The smallest absolute Gasteiger partial charge is 0.320 e. The first-order chi connectivity index (χ1) is 9.03. The van der Waals surface area contributed by atoms with Gasteiger partial charge in [-0.2, -0.15) is 0 Å². The van der Waals surface area contributed by atoms with Crippen molar-refractivity contribution >= 4 is 5.97 Å². The maximum Gasteiger partial charge on any atom is 0.320 e. The molecular formula is C14H22N2O3. The molecule has 0 aliphatic heterocycles. The van der Waals surface area contributed by atoms with Crippen LogP contribution in [-0.2, 0) is 11.2 Å². The summed E-state index contributed by atoms with van der Waals surface area (Å²) < 4.78 is 5.34. The Bertz CT molecular complexity index is 435. The molecule has 106 valence electrons. The van der Waals surface area contributed by atoms with Crippen LogP contribution in [0.25, 0.3) is 0 Å². The molecule has 0 amide bonds. The Morgan fingerprint density at radius 3 is 2.68 bits per heavy atom. The summed E-state index contributed by atoms with van der Waals surface area (Å²) >= 11 is 0. The van der Waals surface area contributed by atoms with Crippen molar-refractivity contribution < 1.29 is 14.6 Å². The van der Waals surface area contributed by atoms with Gasteiger partial charge in [-0.3, -0.25) is 4.79 Å². The molecule has 19 heavy (non-hydrogen) atoms. The molecule has 0 saturated heterocycles. The number of ether oxygens (including phenoxy) is 1. The zero-order valence-electron chi connectivity index (χ0n) is 11.6. The second kappa shape index (κ2) is 7.11. The van der Waals surface area contributed by atoms with Crippen LogP contribution < -0.4 is 15.8 Å². The van der Waals surface area contributed by atoms with E-state index in [-0.39, 0.29) is 6.04 Å². The topological polar surface area (TPSA) is 84.6 Å². The van der Waals surface area contributed by atoms with E-state index in [2.05, 4.69) is 12.2 Å². The van der Waals surface area contributed by atoms with Gasteiger partial charge in [0.1, 0.15) is 11.8 Å². The molecule has 0 aromatic heterocycles. The highest BCUT2D eigenvalue weighted by Gasteiger charge is 2.21. The van der Waals surface area contributed by atoms with Crippen molar-refractivity contribution in [2.24, 2.45) is 5.73 Å². The fourth-order valence-electron chi connectivity index (χ4n) is 2.03. The molecule has 0 aliphatic carbocycles. The molecule has 0 aliphatic rings. The van der Waals surface area contributed by atoms with Crippen LogP contribution in [0.3, 0.4) is 0 Å². The number of aliphatic carboxylic acids is 1. The summed E-state index contributed by atoms with van der Waals surface area (Å²) in [5, 5.41) is 12.0. The normalized spacial score (nSPS) is 13.9. The van der Waals surface area contributed by atoms with Gasteiger partial charge in [0.15, 0.2) is 0 Å². The van der Waals surface area contributed by atoms with Crippen LogP contribution in [-0.4, -0.2) is 31.3 Å². The number of rotatable bonds is 7. The van der Waals surface area contributed by atoms with Gasteiger partial charge in [-0.15, -0.1) is 0 Å². The van der Waals surface area contributed by atoms with Gasteiger partial charge in [0.05, 0.1) is 7.11 Å². The fraction of sp³-hybridized carbons (Fsp3) is 0.500. The van der Waals surface area contributed by atoms with E-state index in [0.29, 0.717) is 6.42 Å². The van der Waals surface area contributed by atoms with Crippen LogP contribution in [0.4, 0.5) is 0 Å². The highest BCUT2D eigenvalue weighted by molar-refractivity contribution is 5.73. The van der Waals surface area contributed by atoms with E-state index >= 15 is 0 Å². The summed E-state index contributed by atoms with van der Waals surface area (Å²) in [5.74, 6) is -0.250. The van der Waals surface area contributed by atoms with Crippen molar-refractivity contribution in [1.82, 2.24) is 5.32 Å². The minimum Gasteiger partial charge on any atom is -0.496 e. The molecule has 0 saturated carbocycles. The Kier molecular flexibility index (Phi) is 5.79. The Morgan fingerprint density at radius 1 is 1.53 bits per heavy atom. The monoisotopic (exact) mass is 266 g/mol. The highest BCUT2D eigenvalue weighted by Crippen LogP contribution is 2.29. The molecule has 0 spiro atoms. The number of methoxy groups -OCH3 is 1. The summed E-state index contributed by atoms with van der Waals surface area (Å²) in [6, 6.07) is 4.91. The first-order valence-corrected chi connectivity index (χ1v) is 6.35. The van der Waals surface area contributed by atoms with E-state index in [4.69, 9.17) is 15.6 Å². The fourth-order valence-corrected chi connectivity index (χ4v) is 2.03. The molecule has 2 unspecified atom stereocenters. The Morgan fingerprint density at radius 2 is 2.21 bits per heavy atom. The zero-order chi connectivity index (χ0) is 14.4. The quantitative estimate of drug-likeness (QED) is 0.693. The van der Waals surface area contributed by atoms with Gasteiger partial charge in [-0.05, 0) is 31.5 Å². The summed E-state index contributed by atoms with van der Waals surface area (Å²) in [7, 11) is 3.39. The lowest BCUT2D eigenvalue weighted by molar-refractivity contribution is -0.138. The van der Waals surface area contributed by atoms with Crippen LogP contribution in [0, 0.1) is 0 Å². The van der Waals surface area contributed by atoms with Gasteiger partial charge < -0.3 is 20.9 Å². The lowest BCUT2D eigenvalue weighted by Crippen LogP contribution is -2.34. The summed E-state index contributed by atoms with van der Waals surface area (Å²) in [5.41, 5.74) is 7.74. The number of hydrogen-bond acceptors (Lipinski definition) is 4. The van der Waals surface area contributed by atoms with Crippen molar-refractivity contribution in [3.05, 3.63) is 29.3 Å². The predicted molar refractivity (Wildman–Crippen MR) is 74.4 cm³/mol. The Labute approximate surface area is 113 Å². The van der Waals surface area contributed by atoms with Crippen LogP contribution in [0.1, 0.15) is 30.5 Å². The van der Waals surface area contributed by atoms with Crippen molar-refractivity contribution in [1.29, 1.82) is 0 Å². The number of carbonyl (C=O) groups is 1. The maximum absolute atomic E-state index is 10.9. The maximum atomic E-state index is 10.9. The van der Waals surface area contributed by atoms with E-state index in [1.807, 2.05) is 18.2 Å². The van der Waals surface area contributed by atoms with Gasteiger partial charge in [0.25, 0.3) is 0 Å². The standard InChI is InChI=1S/C14H22N2O3/c1-4-9-5-6-13(19-3)10(7-9)12(16-2)8-11(15)14(17)18/h5-7,11-12,16H,4,8,15H2,1-3H3,(H,17,18). The number of aryl methyl sites for hydroxylation is 1. The molecule has 2 atom stereocenters. The van der Waals surface area contributed by atoms with Crippen molar-refractivity contribution in [3.63, 3.8) is 0 Å². The minimum absolute atomic E-state index is 0.146. The average molecular weight is 266 g/mol. The van der Waals surface area contributed by atoms with Crippen molar-refractivity contribution in [3.8, 4) is 5.75 Å². The molecule has 0 radical (unpaired) electrons. The van der Waals surface area contributed by atoms with Crippen molar-refractivity contribution in [2.75, 3.05) is 14.2 Å². The first-order valence-electron chi connectivity index (χ1n) is 6.35. The molecule has 0 bridgehead atoms. The Balaban J connectivity index is 3.04. The van der Waals surface area contributed by atoms with Gasteiger partial charge in [-0.25, -0.2) is 0 Å². The zero-order valence-corrected chi connectivity index (χ0v) is 11.6. The van der Waals surface area contributed by atoms with E-state index < -0.39 is 12.0 Å². The van der Waals surface area contributed by atoms with Crippen LogP contribution in [0.15, 0.2) is 18.2 Å². The number of hydrogen-bond donors (Lipinski definition) is 3. The molecule has 5 heteroatoms.